The lowest BCUT2D eigenvalue weighted by atomic mass is 9.72. The third kappa shape index (κ3) is 4.58. The maximum absolute atomic E-state index is 11.2. The van der Waals surface area contributed by atoms with Gasteiger partial charge >= 0.3 is 5.97 Å². The smallest absolute Gasteiger partial charge is 0.309 e. The van der Waals surface area contributed by atoms with Crippen molar-refractivity contribution in [3.63, 3.8) is 0 Å². The second kappa shape index (κ2) is 5.64. The van der Waals surface area contributed by atoms with E-state index in [0.717, 1.165) is 12.2 Å². The van der Waals surface area contributed by atoms with Crippen LogP contribution in [0.15, 0.2) is 24.3 Å². The zero-order valence-electron chi connectivity index (χ0n) is 12.5. The van der Waals surface area contributed by atoms with Crippen LogP contribution in [0, 0.1) is 10.8 Å². The summed E-state index contributed by atoms with van der Waals surface area (Å²) in [6.07, 6.45) is 1.47. The Bertz CT molecular complexity index is 447. The van der Waals surface area contributed by atoms with E-state index in [9.17, 15) is 9.90 Å². The average molecular weight is 264 g/mol. The van der Waals surface area contributed by atoms with Gasteiger partial charge in [0.1, 0.15) is 5.75 Å². The number of benzene rings is 1. The van der Waals surface area contributed by atoms with Gasteiger partial charge in [0.15, 0.2) is 0 Å². The predicted molar refractivity (Wildman–Crippen MR) is 76.5 cm³/mol. The summed E-state index contributed by atoms with van der Waals surface area (Å²) in [6, 6.07) is 7.94. The quantitative estimate of drug-likeness (QED) is 0.850. The average Bonchev–Trinajstić information content (AvgIpc) is 2.26. The molecule has 0 saturated heterocycles. The lowest BCUT2D eigenvalue weighted by Crippen LogP contribution is -2.31. The Morgan fingerprint density at radius 2 is 1.89 bits per heavy atom. The number of hydrogen-bond donors (Lipinski definition) is 1. The predicted octanol–water partition coefficient (Wildman–Crippen LogP) is 3.76. The number of hydrogen-bond acceptors (Lipinski definition) is 2. The molecule has 0 saturated carbocycles. The zero-order valence-corrected chi connectivity index (χ0v) is 12.5. The summed E-state index contributed by atoms with van der Waals surface area (Å²) in [5.41, 5.74) is 0.391. The first-order chi connectivity index (χ1) is 8.66. The maximum Gasteiger partial charge on any atom is 0.309 e. The number of carboxylic acids is 1. The van der Waals surface area contributed by atoms with Crippen LogP contribution in [0.3, 0.4) is 0 Å². The molecular formula is C16H24O3. The molecule has 0 amide bonds. The molecule has 3 nitrogen and oxygen atoms in total. The molecule has 3 heteroatoms. The van der Waals surface area contributed by atoms with E-state index in [1.54, 1.807) is 21.0 Å². The third-order valence-corrected chi connectivity index (χ3v) is 3.32. The Hall–Kier alpha value is -1.51. The Labute approximate surface area is 115 Å². The molecule has 1 aromatic rings. The van der Waals surface area contributed by atoms with E-state index in [1.807, 2.05) is 18.2 Å². The van der Waals surface area contributed by atoms with Crippen LogP contribution in [0.25, 0.3) is 0 Å². The van der Waals surface area contributed by atoms with Crippen molar-refractivity contribution in [2.45, 2.75) is 40.5 Å². The van der Waals surface area contributed by atoms with Crippen LogP contribution in [0.5, 0.6) is 5.75 Å². The molecule has 0 spiro atoms. The maximum atomic E-state index is 11.2. The normalized spacial score (nSPS) is 12.3. The van der Waals surface area contributed by atoms with Gasteiger partial charge in [-0.2, -0.15) is 0 Å². The van der Waals surface area contributed by atoms with Crippen LogP contribution in [0.4, 0.5) is 0 Å². The topological polar surface area (TPSA) is 46.5 Å². The minimum atomic E-state index is -0.744. The van der Waals surface area contributed by atoms with Crippen molar-refractivity contribution >= 4 is 5.97 Å². The molecule has 0 atom stereocenters. The summed E-state index contributed by atoms with van der Waals surface area (Å²) < 4.78 is 5.21. The van der Waals surface area contributed by atoms with Crippen molar-refractivity contribution in [3.05, 3.63) is 29.8 Å². The van der Waals surface area contributed by atoms with Crippen molar-refractivity contribution in [1.29, 1.82) is 0 Å². The third-order valence-electron chi connectivity index (χ3n) is 3.32. The highest BCUT2D eigenvalue weighted by Gasteiger charge is 2.34. The monoisotopic (exact) mass is 264 g/mol. The summed E-state index contributed by atoms with van der Waals surface area (Å²) in [5.74, 6) is 0.0945. The van der Waals surface area contributed by atoms with Crippen LogP contribution < -0.4 is 4.74 Å². The zero-order chi connectivity index (χ0) is 14.7. The molecule has 0 heterocycles. The Balaban J connectivity index is 2.81. The molecule has 0 aliphatic heterocycles. The van der Waals surface area contributed by atoms with E-state index in [2.05, 4.69) is 19.9 Å². The van der Waals surface area contributed by atoms with Crippen molar-refractivity contribution in [1.82, 2.24) is 0 Å². The second-order valence-corrected chi connectivity index (χ2v) is 6.56. The van der Waals surface area contributed by atoms with Crippen LogP contribution in [-0.2, 0) is 11.2 Å². The van der Waals surface area contributed by atoms with Gasteiger partial charge in [0.05, 0.1) is 12.5 Å². The first-order valence-electron chi connectivity index (χ1n) is 6.53. The molecule has 0 aromatic heterocycles. The highest BCUT2D eigenvalue weighted by Crippen LogP contribution is 2.36. The summed E-state index contributed by atoms with van der Waals surface area (Å²) >= 11 is 0. The van der Waals surface area contributed by atoms with Gasteiger partial charge in [0.25, 0.3) is 0 Å². The van der Waals surface area contributed by atoms with Crippen LogP contribution >= 0.6 is 0 Å². The Morgan fingerprint density at radius 3 is 2.42 bits per heavy atom. The second-order valence-electron chi connectivity index (χ2n) is 6.56. The lowest BCUT2D eigenvalue weighted by molar-refractivity contribution is -0.148. The number of carbonyl (C=O) groups is 1. The van der Waals surface area contributed by atoms with Gasteiger partial charge < -0.3 is 9.84 Å². The number of rotatable bonds is 6. The number of aliphatic carboxylic acids is 1. The molecule has 0 fully saturated rings. The first kappa shape index (κ1) is 15.5. The molecule has 0 aliphatic rings. The van der Waals surface area contributed by atoms with E-state index in [0.29, 0.717) is 6.42 Å². The van der Waals surface area contributed by atoms with Crippen molar-refractivity contribution in [2.75, 3.05) is 7.11 Å². The van der Waals surface area contributed by atoms with Crippen LogP contribution in [0.1, 0.15) is 39.7 Å². The standard InChI is InChI=1S/C16H24O3/c1-15(2,11-16(3,4)14(17)18)10-12-7-6-8-13(9-12)19-5/h6-9H,10-11H2,1-5H3,(H,17,18). The molecule has 0 unspecified atom stereocenters. The van der Waals surface area contributed by atoms with Gasteiger partial charge in [0.2, 0.25) is 0 Å². The van der Waals surface area contributed by atoms with Crippen molar-refractivity contribution in [2.24, 2.45) is 10.8 Å². The fourth-order valence-corrected chi connectivity index (χ4v) is 2.67. The van der Waals surface area contributed by atoms with Gasteiger partial charge in [-0.3, -0.25) is 4.79 Å². The van der Waals surface area contributed by atoms with Gasteiger partial charge in [0, 0.05) is 0 Å². The Morgan fingerprint density at radius 1 is 1.26 bits per heavy atom. The number of carboxylic acid groups (broad SMARTS) is 1. The number of ether oxygens (including phenoxy) is 1. The van der Waals surface area contributed by atoms with E-state index >= 15 is 0 Å². The lowest BCUT2D eigenvalue weighted by Gasteiger charge is -2.32. The summed E-state index contributed by atoms with van der Waals surface area (Å²) in [7, 11) is 1.65. The minimum Gasteiger partial charge on any atom is -0.497 e. The van der Waals surface area contributed by atoms with Gasteiger partial charge in [-0.1, -0.05) is 26.0 Å². The van der Waals surface area contributed by atoms with Crippen LogP contribution in [-0.4, -0.2) is 18.2 Å². The largest absolute Gasteiger partial charge is 0.497 e. The molecule has 1 N–H and O–H groups in total. The van der Waals surface area contributed by atoms with E-state index in [4.69, 9.17) is 4.74 Å². The number of methoxy groups -OCH3 is 1. The molecule has 1 aromatic carbocycles. The van der Waals surface area contributed by atoms with E-state index in [-0.39, 0.29) is 5.41 Å². The highest BCUT2D eigenvalue weighted by molar-refractivity contribution is 5.73. The Kier molecular flexibility index (Phi) is 4.61. The SMILES string of the molecule is COc1cccc(CC(C)(C)CC(C)(C)C(=O)O)c1. The van der Waals surface area contributed by atoms with Crippen molar-refractivity contribution in [3.8, 4) is 5.75 Å². The van der Waals surface area contributed by atoms with Crippen molar-refractivity contribution < 1.29 is 14.6 Å². The fraction of sp³-hybridized carbons (Fsp3) is 0.562. The molecule has 0 radical (unpaired) electrons. The summed E-state index contributed by atoms with van der Waals surface area (Å²) in [5, 5.41) is 9.23. The van der Waals surface area contributed by atoms with Crippen LogP contribution in [0.2, 0.25) is 0 Å². The summed E-state index contributed by atoms with van der Waals surface area (Å²) in [6.45, 7) is 7.78. The van der Waals surface area contributed by atoms with E-state index in [1.165, 1.54) is 5.56 Å². The minimum absolute atomic E-state index is 0.0751. The fourth-order valence-electron chi connectivity index (χ4n) is 2.67. The molecule has 0 aliphatic carbocycles. The molecule has 0 bridgehead atoms. The van der Waals surface area contributed by atoms with E-state index < -0.39 is 11.4 Å². The van der Waals surface area contributed by atoms with Gasteiger partial charge in [-0.15, -0.1) is 0 Å². The molecular weight excluding hydrogens is 240 g/mol. The van der Waals surface area contributed by atoms with Gasteiger partial charge in [-0.05, 0) is 49.8 Å². The van der Waals surface area contributed by atoms with Gasteiger partial charge in [-0.25, -0.2) is 0 Å². The first-order valence-corrected chi connectivity index (χ1v) is 6.53. The molecule has 19 heavy (non-hydrogen) atoms. The molecule has 106 valence electrons. The summed E-state index contributed by atoms with van der Waals surface area (Å²) in [4.78, 5) is 11.2. The highest BCUT2D eigenvalue weighted by atomic mass is 16.5. The molecule has 1 rings (SSSR count).